The standard InChI is InChI=1S/C11H18O3/c1-6(2)8-5-9(12)7(3)10(8)11(13)14-4/h7-10,12H,1,5H2,2-4H3/t7-,8-,9?,10+/m0/s1. The van der Waals surface area contributed by atoms with Crippen LogP contribution in [-0.2, 0) is 9.53 Å². The number of esters is 1. The van der Waals surface area contributed by atoms with Crippen LogP contribution >= 0.6 is 0 Å². The van der Waals surface area contributed by atoms with Crippen LogP contribution in [0.3, 0.4) is 0 Å². The maximum Gasteiger partial charge on any atom is 0.309 e. The zero-order valence-corrected chi connectivity index (χ0v) is 8.99. The summed E-state index contributed by atoms with van der Waals surface area (Å²) >= 11 is 0. The maximum atomic E-state index is 11.5. The predicted octanol–water partition coefficient (Wildman–Crippen LogP) is 1.37. The second kappa shape index (κ2) is 4.13. The van der Waals surface area contributed by atoms with Crippen LogP contribution in [-0.4, -0.2) is 24.3 Å². The van der Waals surface area contributed by atoms with E-state index in [1.165, 1.54) is 7.11 Å². The summed E-state index contributed by atoms with van der Waals surface area (Å²) in [5, 5.41) is 9.68. The lowest BCUT2D eigenvalue weighted by atomic mass is 9.86. The molecule has 0 radical (unpaired) electrons. The smallest absolute Gasteiger partial charge is 0.309 e. The molecule has 0 aromatic rings. The molecule has 0 amide bonds. The monoisotopic (exact) mass is 198 g/mol. The first kappa shape index (κ1) is 11.2. The highest BCUT2D eigenvalue weighted by molar-refractivity contribution is 5.74. The van der Waals surface area contributed by atoms with E-state index in [-0.39, 0.29) is 23.7 Å². The van der Waals surface area contributed by atoms with Crippen LogP contribution in [0.25, 0.3) is 0 Å². The lowest BCUT2D eigenvalue weighted by molar-refractivity contribution is -0.148. The molecule has 1 saturated carbocycles. The van der Waals surface area contributed by atoms with Gasteiger partial charge in [0.1, 0.15) is 0 Å². The van der Waals surface area contributed by atoms with Gasteiger partial charge in [0, 0.05) is 0 Å². The van der Waals surface area contributed by atoms with Crippen LogP contribution in [0, 0.1) is 17.8 Å². The molecule has 1 unspecified atom stereocenters. The Balaban J connectivity index is 2.86. The lowest BCUT2D eigenvalue weighted by Crippen LogP contribution is -2.27. The Morgan fingerprint density at radius 1 is 1.57 bits per heavy atom. The van der Waals surface area contributed by atoms with Gasteiger partial charge in [-0.05, 0) is 25.2 Å². The van der Waals surface area contributed by atoms with Crippen molar-refractivity contribution in [1.82, 2.24) is 0 Å². The predicted molar refractivity (Wildman–Crippen MR) is 53.6 cm³/mol. The molecule has 80 valence electrons. The second-order valence-corrected chi connectivity index (χ2v) is 4.16. The second-order valence-electron chi connectivity index (χ2n) is 4.16. The molecule has 3 heteroatoms. The zero-order valence-electron chi connectivity index (χ0n) is 8.99. The minimum atomic E-state index is -0.416. The van der Waals surface area contributed by atoms with E-state index in [1.807, 2.05) is 13.8 Å². The number of ether oxygens (including phenoxy) is 1. The van der Waals surface area contributed by atoms with E-state index >= 15 is 0 Å². The average Bonchev–Trinajstić information content (AvgIpc) is 2.43. The minimum absolute atomic E-state index is 0.0378. The van der Waals surface area contributed by atoms with Crippen molar-refractivity contribution in [2.24, 2.45) is 17.8 Å². The van der Waals surface area contributed by atoms with Crippen molar-refractivity contribution in [1.29, 1.82) is 0 Å². The molecule has 0 bridgehead atoms. The number of carbonyl (C=O) groups excluding carboxylic acids is 1. The average molecular weight is 198 g/mol. The Morgan fingerprint density at radius 2 is 2.14 bits per heavy atom. The summed E-state index contributed by atoms with van der Waals surface area (Å²) in [6, 6.07) is 0. The molecule has 1 rings (SSSR count). The Hall–Kier alpha value is -0.830. The molecule has 3 nitrogen and oxygen atoms in total. The van der Waals surface area contributed by atoms with Gasteiger partial charge in [-0.1, -0.05) is 19.1 Å². The summed E-state index contributed by atoms with van der Waals surface area (Å²) in [4.78, 5) is 11.5. The summed E-state index contributed by atoms with van der Waals surface area (Å²) in [5.41, 5.74) is 0.948. The van der Waals surface area contributed by atoms with Crippen molar-refractivity contribution < 1.29 is 14.6 Å². The highest BCUT2D eigenvalue weighted by Gasteiger charge is 2.44. The van der Waals surface area contributed by atoms with Gasteiger partial charge in [0.15, 0.2) is 0 Å². The fourth-order valence-corrected chi connectivity index (χ4v) is 2.25. The van der Waals surface area contributed by atoms with Gasteiger partial charge in [0.2, 0.25) is 0 Å². The third kappa shape index (κ3) is 1.82. The van der Waals surface area contributed by atoms with Crippen molar-refractivity contribution in [2.75, 3.05) is 7.11 Å². The summed E-state index contributed by atoms with van der Waals surface area (Å²) in [7, 11) is 1.38. The number of aliphatic hydroxyl groups is 1. The molecule has 4 atom stereocenters. The molecule has 0 aromatic heterocycles. The molecule has 0 aliphatic heterocycles. The lowest BCUT2D eigenvalue weighted by Gasteiger charge is -2.20. The first-order valence-corrected chi connectivity index (χ1v) is 4.90. The largest absolute Gasteiger partial charge is 0.469 e. The van der Waals surface area contributed by atoms with Gasteiger partial charge in [-0.25, -0.2) is 0 Å². The van der Waals surface area contributed by atoms with E-state index in [9.17, 15) is 9.90 Å². The van der Waals surface area contributed by atoms with Crippen LogP contribution in [0.2, 0.25) is 0 Å². The quantitative estimate of drug-likeness (QED) is 0.538. The topological polar surface area (TPSA) is 46.5 Å². The first-order chi connectivity index (χ1) is 6.49. The number of allylic oxidation sites excluding steroid dienone is 1. The molecular formula is C11H18O3. The molecular weight excluding hydrogens is 180 g/mol. The number of hydrogen-bond acceptors (Lipinski definition) is 3. The van der Waals surface area contributed by atoms with E-state index in [0.717, 1.165) is 5.57 Å². The number of rotatable bonds is 2. The summed E-state index contributed by atoms with van der Waals surface area (Å²) in [6.07, 6.45) is 0.205. The molecule has 1 fully saturated rings. The normalized spacial score (nSPS) is 36.9. The van der Waals surface area contributed by atoms with E-state index in [4.69, 9.17) is 4.74 Å². The van der Waals surface area contributed by atoms with Crippen molar-refractivity contribution >= 4 is 5.97 Å². The van der Waals surface area contributed by atoms with Crippen molar-refractivity contribution in [3.8, 4) is 0 Å². The van der Waals surface area contributed by atoms with Crippen molar-refractivity contribution in [3.63, 3.8) is 0 Å². The molecule has 0 heterocycles. The summed E-state index contributed by atoms with van der Waals surface area (Å²) < 4.78 is 4.74. The van der Waals surface area contributed by atoms with Crippen LogP contribution in [0.1, 0.15) is 20.3 Å². The van der Waals surface area contributed by atoms with Crippen LogP contribution in [0.5, 0.6) is 0 Å². The zero-order chi connectivity index (χ0) is 10.9. The summed E-state index contributed by atoms with van der Waals surface area (Å²) in [6.45, 7) is 7.63. The van der Waals surface area contributed by atoms with E-state index in [2.05, 4.69) is 6.58 Å². The SMILES string of the molecule is C=C(C)[C@@H]1CC(O)[C@H](C)[C@H]1C(=O)OC. The number of methoxy groups -OCH3 is 1. The molecule has 14 heavy (non-hydrogen) atoms. The van der Waals surface area contributed by atoms with Gasteiger partial charge in [-0.15, -0.1) is 0 Å². The fraction of sp³-hybridized carbons (Fsp3) is 0.727. The Morgan fingerprint density at radius 3 is 2.57 bits per heavy atom. The molecule has 1 aliphatic rings. The van der Waals surface area contributed by atoms with Crippen molar-refractivity contribution in [2.45, 2.75) is 26.4 Å². The first-order valence-electron chi connectivity index (χ1n) is 4.90. The number of hydrogen-bond donors (Lipinski definition) is 1. The molecule has 0 saturated heterocycles. The van der Waals surface area contributed by atoms with E-state index in [1.54, 1.807) is 0 Å². The Labute approximate surface area is 84.8 Å². The highest BCUT2D eigenvalue weighted by Crippen LogP contribution is 2.41. The summed E-state index contributed by atoms with van der Waals surface area (Å²) in [5.74, 6) is -0.439. The minimum Gasteiger partial charge on any atom is -0.469 e. The Kier molecular flexibility index (Phi) is 3.32. The maximum absolute atomic E-state index is 11.5. The third-order valence-electron chi connectivity index (χ3n) is 3.21. The van der Waals surface area contributed by atoms with Crippen LogP contribution in [0.4, 0.5) is 0 Å². The number of aliphatic hydroxyl groups excluding tert-OH is 1. The van der Waals surface area contributed by atoms with Gasteiger partial charge < -0.3 is 9.84 Å². The van der Waals surface area contributed by atoms with E-state index < -0.39 is 6.10 Å². The van der Waals surface area contributed by atoms with E-state index in [0.29, 0.717) is 6.42 Å². The number of carbonyl (C=O) groups is 1. The van der Waals surface area contributed by atoms with Crippen LogP contribution < -0.4 is 0 Å². The van der Waals surface area contributed by atoms with Gasteiger partial charge in [-0.2, -0.15) is 0 Å². The van der Waals surface area contributed by atoms with Gasteiger partial charge in [0.25, 0.3) is 0 Å². The van der Waals surface area contributed by atoms with Crippen molar-refractivity contribution in [3.05, 3.63) is 12.2 Å². The van der Waals surface area contributed by atoms with Crippen LogP contribution in [0.15, 0.2) is 12.2 Å². The van der Waals surface area contributed by atoms with Gasteiger partial charge in [-0.3, -0.25) is 4.79 Å². The molecule has 0 spiro atoms. The molecule has 1 aliphatic carbocycles. The molecule has 0 aromatic carbocycles. The third-order valence-corrected chi connectivity index (χ3v) is 3.21. The molecule has 1 N–H and O–H groups in total. The van der Waals surface area contributed by atoms with Gasteiger partial charge in [0.05, 0.1) is 19.1 Å². The van der Waals surface area contributed by atoms with Gasteiger partial charge >= 0.3 is 5.97 Å². The fourth-order valence-electron chi connectivity index (χ4n) is 2.25. The highest BCUT2D eigenvalue weighted by atomic mass is 16.5. The Bertz CT molecular complexity index is 247.